The van der Waals surface area contributed by atoms with Gasteiger partial charge >= 0.3 is 0 Å². The van der Waals surface area contributed by atoms with E-state index < -0.39 is 0 Å². The van der Waals surface area contributed by atoms with Crippen LogP contribution in [0.3, 0.4) is 0 Å². The minimum absolute atomic E-state index is 0.00446. The van der Waals surface area contributed by atoms with E-state index >= 15 is 0 Å². The first-order chi connectivity index (χ1) is 11.2. The number of carbonyl (C=O) groups excluding carboxylic acids is 1. The lowest BCUT2D eigenvalue weighted by atomic mass is 10.0. The van der Waals surface area contributed by atoms with Crippen molar-refractivity contribution >= 4 is 17.0 Å². The van der Waals surface area contributed by atoms with E-state index in [1.54, 1.807) is 12.4 Å². The van der Waals surface area contributed by atoms with E-state index in [-0.39, 0.29) is 11.9 Å². The fourth-order valence-electron chi connectivity index (χ4n) is 3.11. The first kappa shape index (κ1) is 13.9. The van der Waals surface area contributed by atoms with E-state index in [2.05, 4.69) is 19.7 Å². The summed E-state index contributed by atoms with van der Waals surface area (Å²) in [6.45, 7) is 3.30. The number of hydrogen-bond acceptors (Lipinski definition) is 5. The molecule has 7 nitrogen and oxygen atoms in total. The fourth-order valence-corrected chi connectivity index (χ4v) is 3.11. The molecular formula is C16H17N5O2. The Bertz CT molecular complexity index is 839. The molecule has 0 bridgehead atoms. The van der Waals surface area contributed by atoms with Gasteiger partial charge in [-0.05, 0) is 25.8 Å². The molecule has 0 aromatic carbocycles. The molecular weight excluding hydrogens is 294 g/mol. The molecule has 0 aliphatic carbocycles. The molecule has 0 saturated carbocycles. The van der Waals surface area contributed by atoms with Gasteiger partial charge in [0.2, 0.25) is 0 Å². The predicted octanol–water partition coefficient (Wildman–Crippen LogP) is 2.21. The number of carbonyl (C=O) groups is 1. The molecule has 1 atom stereocenters. The minimum atomic E-state index is 0.00446. The molecule has 1 aliphatic heterocycles. The minimum Gasteiger partial charge on any atom is -0.337 e. The van der Waals surface area contributed by atoms with Gasteiger partial charge in [0.25, 0.3) is 11.6 Å². The monoisotopic (exact) mass is 311 g/mol. The van der Waals surface area contributed by atoms with Gasteiger partial charge in [0.15, 0.2) is 0 Å². The van der Waals surface area contributed by atoms with Gasteiger partial charge in [0.1, 0.15) is 0 Å². The zero-order chi connectivity index (χ0) is 15.8. The van der Waals surface area contributed by atoms with Crippen molar-refractivity contribution in [3.05, 3.63) is 42.2 Å². The molecule has 3 aromatic rings. The Kier molecular flexibility index (Phi) is 3.33. The second-order valence-corrected chi connectivity index (χ2v) is 5.90. The highest BCUT2D eigenvalue weighted by Crippen LogP contribution is 2.24. The quantitative estimate of drug-likeness (QED) is 0.725. The van der Waals surface area contributed by atoms with Gasteiger partial charge in [0.05, 0.1) is 29.0 Å². The van der Waals surface area contributed by atoms with Crippen molar-refractivity contribution < 1.29 is 9.32 Å². The number of nitrogens with zero attached hydrogens (tertiary/aromatic N) is 5. The molecule has 0 spiro atoms. The van der Waals surface area contributed by atoms with E-state index in [0.29, 0.717) is 17.8 Å². The first-order valence-corrected chi connectivity index (χ1v) is 7.71. The molecule has 4 heterocycles. The smallest absolute Gasteiger partial charge is 0.257 e. The number of aromatic nitrogens is 4. The summed E-state index contributed by atoms with van der Waals surface area (Å²) < 4.78 is 7.17. The third-order valence-corrected chi connectivity index (χ3v) is 4.39. The van der Waals surface area contributed by atoms with Crippen LogP contribution < -0.4 is 0 Å². The maximum Gasteiger partial charge on any atom is 0.257 e. The number of aryl methyl sites for hydroxylation is 1. The third kappa shape index (κ3) is 2.48. The highest BCUT2D eigenvalue weighted by Gasteiger charge is 2.26. The van der Waals surface area contributed by atoms with E-state index in [9.17, 15) is 4.79 Å². The molecule has 7 heteroatoms. The van der Waals surface area contributed by atoms with Gasteiger partial charge in [-0.1, -0.05) is 5.16 Å². The Morgan fingerprint density at radius 3 is 3.17 bits per heavy atom. The fraction of sp³-hybridized carbons (Fsp3) is 0.375. The topological polar surface area (TPSA) is 77.0 Å². The van der Waals surface area contributed by atoms with Crippen LogP contribution in [0, 0.1) is 6.92 Å². The summed E-state index contributed by atoms with van der Waals surface area (Å²) >= 11 is 0. The maximum atomic E-state index is 12.8. The number of likely N-dealkylation sites (tertiary alicyclic amines) is 1. The largest absolute Gasteiger partial charge is 0.337 e. The predicted molar refractivity (Wildman–Crippen MR) is 82.9 cm³/mol. The molecule has 4 rings (SSSR count). The number of piperidine rings is 1. The van der Waals surface area contributed by atoms with Gasteiger partial charge in [-0.25, -0.2) is 9.97 Å². The highest BCUT2D eigenvalue weighted by molar-refractivity contribution is 5.97. The Morgan fingerprint density at radius 2 is 2.35 bits per heavy atom. The molecule has 0 radical (unpaired) electrons. The zero-order valence-electron chi connectivity index (χ0n) is 12.8. The Morgan fingerprint density at radius 1 is 1.43 bits per heavy atom. The lowest BCUT2D eigenvalue weighted by molar-refractivity contribution is 0.0679. The molecule has 1 aliphatic rings. The normalized spacial score (nSPS) is 18.5. The molecule has 3 aromatic heterocycles. The molecule has 23 heavy (non-hydrogen) atoms. The second kappa shape index (κ2) is 5.49. The van der Waals surface area contributed by atoms with Crippen LogP contribution in [0.5, 0.6) is 0 Å². The second-order valence-electron chi connectivity index (χ2n) is 5.90. The lowest BCUT2D eigenvalue weighted by Gasteiger charge is -2.33. The first-order valence-electron chi connectivity index (χ1n) is 7.71. The maximum absolute atomic E-state index is 12.8. The summed E-state index contributed by atoms with van der Waals surface area (Å²) in [5.41, 5.74) is 1.79. The number of rotatable bonds is 2. The van der Waals surface area contributed by atoms with Crippen LogP contribution in [0.4, 0.5) is 0 Å². The van der Waals surface area contributed by atoms with Crippen molar-refractivity contribution in [2.75, 3.05) is 13.1 Å². The van der Waals surface area contributed by atoms with Crippen LogP contribution in [0.15, 0.2) is 35.5 Å². The number of hydrogen-bond donors (Lipinski definition) is 0. The van der Waals surface area contributed by atoms with Gasteiger partial charge < -0.3 is 14.0 Å². The zero-order valence-corrected chi connectivity index (χ0v) is 12.8. The van der Waals surface area contributed by atoms with Crippen molar-refractivity contribution in [1.82, 2.24) is 24.6 Å². The van der Waals surface area contributed by atoms with Crippen LogP contribution in [-0.4, -0.2) is 43.6 Å². The Hall–Kier alpha value is -2.70. The molecule has 1 amide bonds. The summed E-state index contributed by atoms with van der Waals surface area (Å²) in [6.07, 6.45) is 9.14. The summed E-state index contributed by atoms with van der Waals surface area (Å²) in [5.74, 6) is 0.00446. The van der Waals surface area contributed by atoms with Gasteiger partial charge in [-0.15, -0.1) is 0 Å². The summed E-state index contributed by atoms with van der Waals surface area (Å²) in [4.78, 5) is 23.0. The Balaban J connectivity index is 1.58. The number of fused-ring (bicyclic) bond motifs is 1. The molecule has 1 saturated heterocycles. The van der Waals surface area contributed by atoms with Gasteiger partial charge in [0, 0.05) is 31.7 Å². The molecule has 0 N–H and O–H groups in total. The van der Waals surface area contributed by atoms with Crippen LogP contribution >= 0.6 is 0 Å². The standard InChI is InChI=1S/C16H17N5O2/c1-11-14-7-12(8-18-15(14)23-19-11)16(22)20-5-2-3-13(9-20)21-6-4-17-10-21/h4,6-8,10,13H,2-3,5,9H2,1H3/t13-/m1/s1. The van der Waals surface area contributed by atoms with E-state index in [0.717, 1.165) is 30.5 Å². The highest BCUT2D eigenvalue weighted by atomic mass is 16.5. The van der Waals surface area contributed by atoms with Crippen molar-refractivity contribution in [1.29, 1.82) is 0 Å². The van der Waals surface area contributed by atoms with Crippen molar-refractivity contribution in [3.8, 4) is 0 Å². The van der Waals surface area contributed by atoms with Crippen molar-refractivity contribution in [2.45, 2.75) is 25.8 Å². The van der Waals surface area contributed by atoms with Crippen LogP contribution in [-0.2, 0) is 0 Å². The van der Waals surface area contributed by atoms with Crippen LogP contribution in [0.25, 0.3) is 11.1 Å². The van der Waals surface area contributed by atoms with E-state index in [1.165, 1.54) is 0 Å². The average molecular weight is 311 g/mol. The van der Waals surface area contributed by atoms with Crippen molar-refractivity contribution in [3.63, 3.8) is 0 Å². The van der Waals surface area contributed by atoms with E-state index in [4.69, 9.17) is 4.52 Å². The number of imidazole rings is 1. The van der Waals surface area contributed by atoms with E-state index in [1.807, 2.05) is 30.4 Å². The number of amides is 1. The van der Waals surface area contributed by atoms with Crippen molar-refractivity contribution in [2.24, 2.45) is 0 Å². The summed E-state index contributed by atoms with van der Waals surface area (Å²) in [6, 6.07) is 2.10. The Labute approximate surface area is 132 Å². The van der Waals surface area contributed by atoms with Crippen LogP contribution in [0.2, 0.25) is 0 Å². The van der Waals surface area contributed by atoms with Crippen LogP contribution in [0.1, 0.15) is 34.9 Å². The summed E-state index contributed by atoms with van der Waals surface area (Å²) in [7, 11) is 0. The molecule has 1 fully saturated rings. The number of pyridine rings is 1. The SMILES string of the molecule is Cc1noc2ncc(C(=O)N3CCC[C@@H](n4ccnc4)C3)cc12. The summed E-state index contributed by atoms with van der Waals surface area (Å²) in [5, 5.41) is 4.67. The lowest BCUT2D eigenvalue weighted by Crippen LogP contribution is -2.40. The van der Waals surface area contributed by atoms with Gasteiger partial charge in [-0.3, -0.25) is 4.79 Å². The van der Waals surface area contributed by atoms with Gasteiger partial charge in [-0.2, -0.15) is 0 Å². The average Bonchev–Trinajstić information content (AvgIpc) is 3.25. The molecule has 118 valence electrons. The third-order valence-electron chi connectivity index (χ3n) is 4.39. The molecule has 0 unspecified atom stereocenters.